The Labute approximate surface area is 238 Å². The summed E-state index contributed by atoms with van der Waals surface area (Å²) in [6.07, 6.45) is 2.90. The second-order valence-electron chi connectivity index (χ2n) is 9.84. The molecule has 6 N–H and O–H groups in total. The predicted octanol–water partition coefficient (Wildman–Crippen LogP) is 4.18. The Morgan fingerprint density at radius 3 is 2.05 bits per heavy atom. The summed E-state index contributed by atoms with van der Waals surface area (Å²) < 4.78 is 41.9. The van der Waals surface area contributed by atoms with Crippen molar-refractivity contribution in [2.45, 2.75) is 37.1 Å². The molecule has 41 heavy (non-hydrogen) atoms. The minimum atomic E-state index is -3.76. The number of hydrogen-bond donors (Lipinski definition) is 6. The van der Waals surface area contributed by atoms with E-state index >= 15 is 0 Å². The molecular weight excluding hydrogens is 554 g/mol. The van der Waals surface area contributed by atoms with Gasteiger partial charge in [0.2, 0.25) is 11.6 Å². The van der Waals surface area contributed by atoms with Crippen molar-refractivity contribution in [3.8, 4) is 34.8 Å². The number of aliphatic hydroxyl groups is 3. The Balaban J connectivity index is 1.86. The normalized spacial score (nSPS) is 12.5. The molecule has 0 amide bonds. The van der Waals surface area contributed by atoms with Gasteiger partial charge in [0.15, 0.2) is 29.7 Å². The van der Waals surface area contributed by atoms with Crippen LogP contribution in [-0.2, 0) is 5.41 Å². The summed E-state index contributed by atoms with van der Waals surface area (Å²) in [5, 5.41) is 28.4. The molecule has 2 aromatic carbocycles. The monoisotopic (exact) mass is 585 g/mol. The number of aromatic nitrogens is 4. The van der Waals surface area contributed by atoms with E-state index < -0.39 is 29.2 Å². The minimum absolute atomic E-state index is 0.0403. The quantitative estimate of drug-likeness (QED) is 0.145. The molecule has 14 heteroatoms. The Kier molecular flexibility index (Phi) is 8.63. The minimum Gasteiger partial charge on any atom is -0.493 e. The van der Waals surface area contributed by atoms with Crippen molar-refractivity contribution in [3.05, 3.63) is 72.6 Å². The Morgan fingerprint density at radius 2 is 1.46 bits per heavy atom. The standard InChI is InChI=1S/C27H31N5O8S/c1-26(2,3)17-10-12-18(13-11-17)41(36,37)32-22-21(40-20-9-6-5-8-19(20)38-4)25(39-16-27(33,34)35)31-24(30-22)23-28-14-7-15-29-23/h5-15,33-37H,16H2,1-4H3,(H,30,31,32). The first-order valence-corrected chi connectivity index (χ1v) is 13.8. The van der Waals surface area contributed by atoms with Gasteiger partial charge in [0.05, 0.1) is 12.0 Å². The highest BCUT2D eigenvalue weighted by atomic mass is 32.3. The first-order chi connectivity index (χ1) is 19.3. The lowest BCUT2D eigenvalue weighted by Crippen LogP contribution is -2.35. The molecule has 0 aliphatic carbocycles. The molecule has 0 atom stereocenters. The number of benzene rings is 2. The van der Waals surface area contributed by atoms with Gasteiger partial charge < -0.3 is 29.5 Å². The molecule has 0 unspecified atom stereocenters. The van der Waals surface area contributed by atoms with Crippen LogP contribution in [-0.4, -0.2) is 64.1 Å². The van der Waals surface area contributed by atoms with Crippen LogP contribution in [0.4, 0.5) is 5.82 Å². The average molecular weight is 586 g/mol. The molecule has 0 bridgehead atoms. The molecular formula is C27H31N5O8S. The molecule has 0 spiro atoms. The van der Waals surface area contributed by atoms with E-state index in [1.165, 1.54) is 19.5 Å². The first kappa shape index (κ1) is 29.9. The fraction of sp³-hybridized carbons (Fsp3) is 0.259. The summed E-state index contributed by atoms with van der Waals surface area (Å²) in [7, 11) is -2.33. The van der Waals surface area contributed by atoms with Crippen LogP contribution in [0.15, 0.2) is 71.9 Å². The third kappa shape index (κ3) is 7.58. The molecule has 0 fully saturated rings. The van der Waals surface area contributed by atoms with Gasteiger partial charge in [0, 0.05) is 12.4 Å². The van der Waals surface area contributed by atoms with Gasteiger partial charge in [0.25, 0.3) is 5.88 Å². The highest BCUT2D eigenvalue weighted by Crippen LogP contribution is 2.51. The number of ether oxygens (including phenoxy) is 3. The van der Waals surface area contributed by atoms with Crippen LogP contribution in [0.1, 0.15) is 26.3 Å². The summed E-state index contributed by atoms with van der Waals surface area (Å²) in [6, 6.07) is 14.9. The molecule has 13 nitrogen and oxygen atoms in total. The van der Waals surface area contributed by atoms with E-state index in [0.29, 0.717) is 5.75 Å². The van der Waals surface area contributed by atoms with Gasteiger partial charge in [-0.05, 0) is 41.3 Å². The van der Waals surface area contributed by atoms with Crippen LogP contribution in [0.5, 0.6) is 23.1 Å². The zero-order valence-corrected chi connectivity index (χ0v) is 23.5. The molecule has 0 saturated heterocycles. The highest BCUT2D eigenvalue weighted by Gasteiger charge is 2.29. The van der Waals surface area contributed by atoms with E-state index in [-0.39, 0.29) is 39.3 Å². The van der Waals surface area contributed by atoms with Gasteiger partial charge in [-0.3, -0.25) is 13.8 Å². The van der Waals surface area contributed by atoms with Crippen molar-refractivity contribution in [1.29, 1.82) is 0 Å². The van der Waals surface area contributed by atoms with Crippen molar-refractivity contribution < 1.29 is 38.6 Å². The second-order valence-corrected chi connectivity index (χ2v) is 11.6. The van der Waals surface area contributed by atoms with Gasteiger partial charge in [-0.15, -0.1) is 0 Å². The maximum Gasteiger partial charge on any atom is 0.311 e. The van der Waals surface area contributed by atoms with Gasteiger partial charge in [-0.25, -0.2) is 15.0 Å². The molecule has 4 aromatic rings. The summed E-state index contributed by atoms with van der Waals surface area (Å²) in [4.78, 5) is 17.0. The largest absolute Gasteiger partial charge is 0.493 e. The number of hydrogen-bond acceptors (Lipinski definition) is 13. The van der Waals surface area contributed by atoms with Crippen LogP contribution in [0.25, 0.3) is 11.6 Å². The van der Waals surface area contributed by atoms with Gasteiger partial charge in [0.1, 0.15) is 0 Å². The van der Waals surface area contributed by atoms with E-state index in [0.717, 1.165) is 5.56 Å². The van der Waals surface area contributed by atoms with Crippen LogP contribution in [0.3, 0.4) is 0 Å². The molecule has 2 heterocycles. The number of nitrogens with zero attached hydrogens (tertiary/aromatic N) is 4. The number of rotatable bonds is 10. The molecule has 0 aliphatic rings. The smallest absolute Gasteiger partial charge is 0.311 e. The van der Waals surface area contributed by atoms with Crippen molar-refractivity contribution >= 4 is 16.6 Å². The number of para-hydroxylation sites is 2. The summed E-state index contributed by atoms with van der Waals surface area (Å²) in [5.74, 6) is -3.79. The molecule has 2 aromatic heterocycles. The third-order valence-corrected chi connectivity index (χ3v) is 6.98. The Hall–Kier alpha value is -4.05. The topological polar surface area (TPSA) is 192 Å². The van der Waals surface area contributed by atoms with Crippen LogP contribution < -0.4 is 18.9 Å². The summed E-state index contributed by atoms with van der Waals surface area (Å²) >= 11 is 0. The van der Waals surface area contributed by atoms with Crippen molar-refractivity contribution in [3.63, 3.8) is 0 Å². The number of anilines is 1. The zero-order chi connectivity index (χ0) is 29.8. The SMILES string of the molecule is COc1ccccc1Oc1c(NS(O)(O)c2ccc(C(C)(C)C)cc2)nc(-c2ncccn2)nc1OCC(O)(O)O. The third-order valence-electron chi connectivity index (χ3n) is 5.57. The number of nitrogens with one attached hydrogen (secondary N) is 1. The lowest BCUT2D eigenvalue weighted by Gasteiger charge is -2.34. The van der Waals surface area contributed by atoms with Gasteiger partial charge in [-0.1, -0.05) is 55.8 Å². The van der Waals surface area contributed by atoms with Crippen LogP contribution >= 0.6 is 10.8 Å². The van der Waals surface area contributed by atoms with E-state index in [1.54, 1.807) is 54.6 Å². The lowest BCUT2D eigenvalue weighted by molar-refractivity contribution is -0.322. The Morgan fingerprint density at radius 1 is 0.829 bits per heavy atom. The van der Waals surface area contributed by atoms with Crippen LogP contribution in [0.2, 0.25) is 0 Å². The fourth-order valence-electron chi connectivity index (χ4n) is 3.52. The van der Waals surface area contributed by atoms with E-state index in [2.05, 4.69) is 24.7 Å². The summed E-state index contributed by atoms with van der Waals surface area (Å²) in [5.41, 5.74) is 0.827. The van der Waals surface area contributed by atoms with E-state index in [1.807, 2.05) is 20.8 Å². The predicted molar refractivity (Wildman–Crippen MR) is 151 cm³/mol. The van der Waals surface area contributed by atoms with Crippen LogP contribution in [0, 0.1) is 0 Å². The maximum atomic E-state index is 11.2. The summed E-state index contributed by atoms with van der Waals surface area (Å²) in [6.45, 7) is 5.06. The second kappa shape index (κ2) is 11.8. The zero-order valence-electron chi connectivity index (χ0n) is 22.7. The lowest BCUT2D eigenvalue weighted by atomic mass is 9.87. The maximum absolute atomic E-state index is 11.2. The van der Waals surface area contributed by atoms with Crippen molar-refractivity contribution in [2.75, 3.05) is 18.4 Å². The van der Waals surface area contributed by atoms with E-state index in [4.69, 9.17) is 14.2 Å². The molecule has 218 valence electrons. The molecule has 4 rings (SSSR count). The van der Waals surface area contributed by atoms with Crippen molar-refractivity contribution in [2.24, 2.45) is 0 Å². The molecule has 0 aliphatic heterocycles. The molecule has 0 saturated carbocycles. The molecule has 0 radical (unpaired) electrons. The van der Waals surface area contributed by atoms with E-state index in [9.17, 15) is 24.4 Å². The average Bonchev–Trinajstić information content (AvgIpc) is 2.92. The number of methoxy groups -OCH3 is 1. The fourth-order valence-corrected chi connectivity index (χ4v) is 4.56. The first-order valence-electron chi connectivity index (χ1n) is 12.2. The van der Waals surface area contributed by atoms with Gasteiger partial charge >= 0.3 is 5.97 Å². The highest BCUT2D eigenvalue weighted by molar-refractivity contribution is 8.25. The Bertz CT molecular complexity index is 1480. The van der Waals surface area contributed by atoms with Crippen molar-refractivity contribution in [1.82, 2.24) is 19.9 Å². The van der Waals surface area contributed by atoms with Gasteiger partial charge in [-0.2, -0.15) is 4.98 Å².